The molecule has 0 unspecified atom stereocenters. The first-order valence-electron chi connectivity index (χ1n) is 17.3. The maximum Gasteiger partial charge on any atom is 0.336 e. The van der Waals surface area contributed by atoms with Crippen LogP contribution in [0.3, 0.4) is 0 Å². The summed E-state index contributed by atoms with van der Waals surface area (Å²) in [7, 11) is 0. The fraction of sp³-hybridized carbons (Fsp3) is 0.190. The van der Waals surface area contributed by atoms with Crippen molar-refractivity contribution in [3.8, 4) is 0 Å². The van der Waals surface area contributed by atoms with Crippen molar-refractivity contribution in [2.45, 2.75) is 46.6 Å². The Balaban J connectivity index is 1.66. The summed E-state index contributed by atoms with van der Waals surface area (Å²) < 4.78 is 0. The van der Waals surface area contributed by atoms with Gasteiger partial charge >= 0.3 is 17.9 Å². The fourth-order valence-electron chi connectivity index (χ4n) is 6.73. The van der Waals surface area contributed by atoms with Gasteiger partial charge in [-0.25, -0.2) is 14.4 Å². The number of hydrogen-bond acceptors (Lipinski definition) is 6. The van der Waals surface area contributed by atoms with Gasteiger partial charge in [0.05, 0.1) is 33.4 Å². The minimum Gasteiger partial charge on any atom is -0.478 e. The van der Waals surface area contributed by atoms with Crippen molar-refractivity contribution in [1.82, 2.24) is 10.6 Å². The van der Waals surface area contributed by atoms with Crippen LogP contribution in [0, 0.1) is 0 Å². The number of hydrogen-bond donors (Lipinski definition) is 6. The van der Waals surface area contributed by atoms with E-state index in [9.17, 15) is 44.1 Å². The van der Waals surface area contributed by atoms with Crippen molar-refractivity contribution < 1.29 is 44.1 Å². The van der Waals surface area contributed by atoms with Crippen molar-refractivity contribution >= 4 is 84.4 Å². The average molecular weight is 728 g/mol. The van der Waals surface area contributed by atoms with Crippen LogP contribution in [-0.2, 0) is 0 Å². The van der Waals surface area contributed by atoms with Crippen molar-refractivity contribution in [3.05, 3.63) is 112 Å². The Morgan fingerprint density at radius 2 is 0.926 bits per heavy atom. The largest absolute Gasteiger partial charge is 0.478 e. The fourth-order valence-corrected chi connectivity index (χ4v) is 6.73. The van der Waals surface area contributed by atoms with E-state index < -0.39 is 41.2 Å². The number of carboxylic acids is 3. The minimum atomic E-state index is -1.44. The van der Waals surface area contributed by atoms with E-state index in [-0.39, 0.29) is 72.7 Å². The maximum atomic E-state index is 14.0. The number of anilines is 1. The van der Waals surface area contributed by atoms with Gasteiger partial charge < -0.3 is 31.3 Å². The number of carbonyl (C=O) groups is 6. The van der Waals surface area contributed by atoms with Gasteiger partial charge in [0.1, 0.15) is 0 Å². The molecule has 0 radical (unpaired) electrons. The van der Waals surface area contributed by atoms with Gasteiger partial charge in [0.2, 0.25) is 0 Å². The predicted molar refractivity (Wildman–Crippen MR) is 206 cm³/mol. The van der Waals surface area contributed by atoms with E-state index in [4.69, 9.17) is 0 Å². The van der Waals surface area contributed by atoms with E-state index in [0.29, 0.717) is 11.6 Å². The number of benzene rings is 6. The van der Waals surface area contributed by atoms with Crippen molar-refractivity contribution in [1.29, 1.82) is 0 Å². The molecule has 0 saturated carbocycles. The number of carbonyl (C=O) groups excluding carboxylic acids is 3. The molecule has 12 nitrogen and oxygen atoms in total. The molecule has 0 bridgehead atoms. The van der Waals surface area contributed by atoms with Crippen LogP contribution in [0.1, 0.15) is 108 Å². The maximum absolute atomic E-state index is 14.0. The van der Waals surface area contributed by atoms with Gasteiger partial charge in [-0.3, -0.25) is 14.4 Å². The van der Waals surface area contributed by atoms with Gasteiger partial charge in [0.25, 0.3) is 17.7 Å². The quantitative estimate of drug-likeness (QED) is 0.0767. The lowest BCUT2D eigenvalue weighted by atomic mass is 9.87. The smallest absolute Gasteiger partial charge is 0.336 e. The zero-order valence-electron chi connectivity index (χ0n) is 30.1. The lowest BCUT2D eigenvalue weighted by Crippen LogP contribution is -2.31. The van der Waals surface area contributed by atoms with Crippen molar-refractivity contribution in [2.75, 3.05) is 11.9 Å². The normalized spacial score (nSPS) is 11.4. The summed E-state index contributed by atoms with van der Waals surface area (Å²) in [6.07, 6.45) is 0. The van der Waals surface area contributed by atoms with Gasteiger partial charge in [-0.1, -0.05) is 38.1 Å². The Morgan fingerprint density at radius 3 is 1.35 bits per heavy atom. The number of amides is 3. The highest BCUT2D eigenvalue weighted by atomic mass is 16.4. The molecule has 0 aliphatic heterocycles. The van der Waals surface area contributed by atoms with Crippen LogP contribution in [-0.4, -0.2) is 63.5 Å². The third-order valence-corrected chi connectivity index (χ3v) is 9.31. The standard InChI is InChI=1S/C42H37N3O9/c1-6-43-37(46)31-13-25-26-15-33(39(48)45-24-10-9-22-11-21(19(2)3)7-8-23(22)12-24)36(42(53)54)18-29(26)30-17-35(41(51)52)32(38(47)44-20(4)5)14-27(30)28(25)16-34(31)40(49)50/h7-20H,6H2,1-5H3,(H,43,46)(H,44,47)(H,45,48)(H,49,50)(H,51,52)(H,53,54). The zero-order chi connectivity index (χ0) is 39.2. The molecule has 0 heterocycles. The molecule has 0 saturated heterocycles. The summed E-state index contributed by atoms with van der Waals surface area (Å²) in [6, 6.07) is 18.7. The van der Waals surface area contributed by atoms with Crippen LogP contribution in [0.25, 0.3) is 43.1 Å². The highest BCUT2D eigenvalue weighted by molar-refractivity contribution is 6.30. The van der Waals surface area contributed by atoms with E-state index in [1.165, 1.54) is 36.4 Å². The van der Waals surface area contributed by atoms with Gasteiger partial charge in [0, 0.05) is 18.3 Å². The Bertz CT molecular complexity index is 2630. The molecule has 0 fully saturated rings. The molecule has 3 amide bonds. The summed E-state index contributed by atoms with van der Waals surface area (Å²) in [5.74, 6) is -6.09. The monoisotopic (exact) mass is 727 g/mol. The predicted octanol–water partition coefficient (Wildman–Crippen LogP) is 7.66. The molecule has 12 heteroatoms. The minimum absolute atomic E-state index is 0.183. The summed E-state index contributed by atoms with van der Waals surface area (Å²) in [4.78, 5) is 78.4. The van der Waals surface area contributed by atoms with E-state index >= 15 is 0 Å². The van der Waals surface area contributed by atoms with Crippen LogP contribution >= 0.6 is 0 Å². The molecule has 0 spiro atoms. The van der Waals surface area contributed by atoms with Crippen LogP contribution in [0.2, 0.25) is 0 Å². The first kappa shape index (κ1) is 37.0. The SMILES string of the molecule is CCNC(=O)c1cc2c(cc1C(=O)O)c1cc(C(=O)NC(C)C)c(C(=O)O)cc1c1cc(C(=O)O)c(C(=O)Nc3ccc4cc(C(C)C)ccc4c3)cc12. The molecule has 274 valence electrons. The van der Waals surface area contributed by atoms with E-state index in [1.807, 2.05) is 18.2 Å². The Morgan fingerprint density at radius 1 is 0.519 bits per heavy atom. The molecule has 6 rings (SSSR count). The molecule has 0 aliphatic rings. The second-order valence-corrected chi connectivity index (χ2v) is 13.7. The molecular formula is C42H37N3O9. The third kappa shape index (κ3) is 6.76. The van der Waals surface area contributed by atoms with Gasteiger partial charge in [0.15, 0.2) is 0 Å². The van der Waals surface area contributed by atoms with E-state index in [2.05, 4.69) is 35.9 Å². The molecule has 6 aromatic rings. The van der Waals surface area contributed by atoms with Gasteiger partial charge in [-0.15, -0.1) is 0 Å². The van der Waals surface area contributed by atoms with Crippen LogP contribution in [0.15, 0.2) is 72.8 Å². The summed E-state index contributed by atoms with van der Waals surface area (Å²) in [5, 5.41) is 42.1. The van der Waals surface area contributed by atoms with Crippen LogP contribution < -0.4 is 16.0 Å². The van der Waals surface area contributed by atoms with Crippen LogP contribution in [0.4, 0.5) is 5.69 Å². The van der Waals surface area contributed by atoms with Crippen LogP contribution in [0.5, 0.6) is 0 Å². The zero-order valence-corrected chi connectivity index (χ0v) is 30.1. The second-order valence-electron chi connectivity index (χ2n) is 13.7. The first-order chi connectivity index (χ1) is 25.6. The first-order valence-corrected chi connectivity index (χ1v) is 17.3. The lowest BCUT2D eigenvalue weighted by Gasteiger charge is -2.18. The molecule has 0 aliphatic carbocycles. The highest BCUT2D eigenvalue weighted by Gasteiger charge is 2.26. The van der Waals surface area contributed by atoms with Gasteiger partial charge in [-0.2, -0.15) is 0 Å². The second kappa shape index (κ2) is 14.3. The molecule has 6 aromatic carbocycles. The van der Waals surface area contributed by atoms with Gasteiger partial charge in [-0.05, 0) is 124 Å². The average Bonchev–Trinajstić information content (AvgIpc) is 3.12. The molecule has 0 aromatic heterocycles. The number of carboxylic acid groups (broad SMARTS) is 3. The summed E-state index contributed by atoms with van der Waals surface area (Å²) in [6.45, 7) is 9.45. The molecular weight excluding hydrogens is 690 g/mol. The summed E-state index contributed by atoms with van der Waals surface area (Å²) >= 11 is 0. The van der Waals surface area contributed by atoms with Crippen molar-refractivity contribution in [3.63, 3.8) is 0 Å². The summed E-state index contributed by atoms with van der Waals surface area (Å²) in [5.41, 5.74) is -0.213. The molecule has 6 N–H and O–H groups in total. The number of fused-ring (bicyclic) bond motifs is 7. The van der Waals surface area contributed by atoms with Crippen molar-refractivity contribution in [2.24, 2.45) is 0 Å². The lowest BCUT2D eigenvalue weighted by molar-refractivity contribution is 0.0682. The topological polar surface area (TPSA) is 199 Å². The number of aromatic carboxylic acids is 3. The third-order valence-electron chi connectivity index (χ3n) is 9.31. The van der Waals surface area contributed by atoms with E-state index in [0.717, 1.165) is 16.3 Å². The number of nitrogens with one attached hydrogen (secondary N) is 3. The highest BCUT2D eigenvalue weighted by Crippen LogP contribution is 2.40. The Kier molecular flexibility index (Phi) is 9.79. The van der Waals surface area contributed by atoms with E-state index in [1.54, 1.807) is 32.9 Å². The Labute approximate surface area is 308 Å². The molecule has 0 atom stereocenters. The molecule has 54 heavy (non-hydrogen) atoms. The Hall–Kier alpha value is -6.82. The number of rotatable bonds is 10.